The SMILES string of the molecule is N#CCNC(=O)c1ccccc1[N+](=O)[O-]. The van der Waals surface area contributed by atoms with Crippen molar-refractivity contribution < 1.29 is 9.72 Å². The van der Waals surface area contributed by atoms with E-state index in [1.807, 2.05) is 0 Å². The van der Waals surface area contributed by atoms with Gasteiger partial charge in [0.2, 0.25) is 0 Å². The van der Waals surface area contributed by atoms with Gasteiger partial charge in [-0.25, -0.2) is 0 Å². The van der Waals surface area contributed by atoms with Gasteiger partial charge in [-0.15, -0.1) is 0 Å². The van der Waals surface area contributed by atoms with Crippen LogP contribution in [0, 0.1) is 21.4 Å². The Kier molecular flexibility index (Phi) is 3.35. The molecule has 6 heteroatoms. The highest BCUT2D eigenvalue weighted by atomic mass is 16.6. The molecule has 0 atom stereocenters. The molecule has 6 nitrogen and oxygen atoms in total. The minimum Gasteiger partial charge on any atom is -0.339 e. The molecule has 15 heavy (non-hydrogen) atoms. The van der Waals surface area contributed by atoms with Gasteiger partial charge in [0.1, 0.15) is 12.1 Å². The highest BCUT2D eigenvalue weighted by Gasteiger charge is 2.18. The molecule has 76 valence electrons. The molecule has 0 saturated heterocycles. The second-order valence-corrected chi connectivity index (χ2v) is 2.62. The Bertz CT molecular complexity index is 436. The fourth-order valence-electron chi connectivity index (χ4n) is 1.04. The van der Waals surface area contributed by atoms with Gasteiger partial charge >= 0.3 is 0 Å². The summed E-state index contributed by atoms with van der Waals surface area (Å²) in [4.78, 5) is 21.3. The third-order valence-corrected chi connectivity index (χ3v) is 1.67. The van der Waals surface area contributed by atoms with Crippen LogP contribution in [0.3, 0.4) is 0 Å². The quantitative estimate of drug-likeness (QED) is 0.449. The summed E-state index contributed by atoms with van der Waals surface area (Å²) in [7, 11) is 0. The van der Waals surface area contributed by atoms with Crippen LogP contribution in [0.4, 0.5) is 5.69 Å². The Morgan fingerprint density at radius 1 is 1.53 bits per heavy atom. The lowest BCUT2D eigenvalue weighted by Gasteiger charge is -2.01. The molecule has 1 N–H and O–H groups in total. The molecule has 0 radical (unpaired) electrons. The highest BCUT2D eigenvalue weighted by molar-refractivity contribution is 5.98. The number of benzene rings is 1. The first-order valence-corrected chi connectivity index (χ1v) is 4.05. The number of para-hydroxylation sites is 1. The molecular weight excluding hydrogens is 198 g/mol. The average Bonchev–Trinajstić information content (AvgIpc) is 2.25. The Labute approximate surface area is 85.3 Å². The summed E-state index contributed by atoms with van der Waals surface area (Å²) in [5.41, 5.74) is -0.314. The zero-order valence-corrected chi connectivity index (χ0v) is 7.64. The molecule has 0 aliphatic carbocycles. The van der Waals surface area contributed by atoms with Gasteiger partial charge in [-0.05, 0) is 6.07 Å². The molecule has 1 aromatic carbocycles. The molecule has 0 spiro atoms. The van der Waals surface area contributed by atoms with E-state index in [0.717, 1.165) is 0 Å². The molecule has 0 aliphatic rings. The largest absolute Gasteiger partial charge is 0.339 e. The maximum atomic E-state index is 11.4. The molecule has 0 fully saturated rings. The van der Waals surface area contributed by atoms with E-state index in [0.29, 0.717) is 0 Å². The summed E-state index contributed by atoms with van der Waals surface area (Å²) < 4.78 is 0. The zero-order chi connectivity index (χ0) is 11.3. The number of nitrogens with one attached hydrogen (secondary N) is 1. The van der Waals surface area contributed by atoms with E-state index in [2.05, 4.69) is 5.32 Å². The van der Waals surface area contributed by atoms with Gasteiger partial charge in [-0.2, -0.15) is 5.26 Å². The molecule has 1 rings (SSSR count). The van der Waals surface area contributed by atoms with Gasteiger partial charge < -0.3 is 5.32 Å². The highest BCUT2D eigenvalue weighted by Crippen LogP contribution is 2.16. The first-order chi connectivity index (χ1) is 7.16. The van der Waals surface area contributed by atoms with Crippen LogP contribution in [0.1, 0.15) is 10.4 Å². The maximum absolute atomic E-state index is 11.4. The summed E-state index contributed by atoms with van der Waals surface area (Å²) in [6.45, 7) is -0.176. The number of rotatable bonds is 3. The van der Waals surface area contributed by atoms with Gasteiger partial charge in [0, 0.05) is 6.07 Å². The summed E-state index contributed by atoms with van der Waals surface area (Å²) in [5, 5.41) is 21.0. The second-order valence-electron chi connectivity index (χ2n) is 2.62. The molecule has 0 heterocycles. The van der Waals surface area contributed by atoms with Crippen molar-refractivity contribution in [3.8, 4) is 6.07 Å². The van der Waals surface area contributed by atoms with E-state index in [1.54, 1.807) is 6.07 Å². The summed E-state index contributed by atoms with van der Waals surface area (Å²) in [6, 6.07) is 7.28. The number of carbonyl (C=O) groups excluding carboxylic acids is 1. The Morgan fingerprint density at radius 2 is 2.20 bits per heavy atom. The molecule has 0 bridgehead atoms. The predicted molar refractivity (Wildman–Crippen MR) is 51.0 cm³/mol. The third-order valence-electron chi connectivity index (χ3n) is 1.67. The fourth-order valence-corrected chi connectivity index (χ4v) is 1.04. The summed E-state index contributed by atoms with van der Waals surface area (Å²) in [5.74, 6) is -0.621. The number of nitrogens with zero attached hydrogens (tertiary/aromatic N) is 2. The molecule has 0 aromatic heterocycles. The lowest BCUT2D eigenvalue weighted by Crippen LogP contribution is -2.24. The van der Waals surface area contributed by atoms with E-state index < -0.39 is 10.8 Å². The second kappa shape index (κ2) is 4.72. The molecule has 0 saturated carbocycles. The van der Waals surface area contributed by atoms with Gasteiger partial charge in [-0.1, -0.05) is 12.1 Å². The van der Waals surface area contributed by atoms with Gasteiger partial charge in [0.15, 0.2) is 0 Å². The van der Waals surface area contributed by atoms with Crippen molar-refractivity contribution in [3.05, 3.63) is 39.9 Å². The normalized spacial score (nSPS) is 9.00. The lowest BCUT2D eigenvalue weighted by atomic mass is 10.1. The molecular formula is C9H7N3O3. The van der Waals surface area contributed by atoms with Crippen LogP contribution in [0.25, 0.3) is 0 Å². The van der Waals surface area contributed by atoms with Crippen molar-refractivity contribution in [1.29, 1.82) is 5.26 Å². The van der Waals surface area contributed by atoms with Gasteiger partial charge in [0.25, 0.3) is 11.6 Å². The van der Waals surface area contributed by atoms with Crippen LogP contribution in [-0.2, 0) is 0 Å². The van der Waals surface area contributed by atoms with Crippen molar-refractivity contribution >= 4 is 11.6 Å². The van der Waals surface area contributed by atoms with E-state index in [-0.39, 0.29) is 17.8 Å². The van der Waals surface area contributed by atoms with Crippen LogP contribution < -0.4 is 5.32 Å². The van der Waals surface area contributed by atoms with Crippen molar-refractivity contribution in [2.24, 2.45) is 0 Å². The van der Waals surface area contributed by atoms with E-state index >= 15 is 0 Å². The topological polar surface area (TPSA) is 96.0 Å². The van der Waals surface area contributed by atoms with Crippen LogP contribution in [-0.4, -0.2) is 17.4 Å². The average molecular weight is 205 g/mol. The first-order valence-electron chi connectivity index (χ1n) is 4.05. The number of carbonyl (C=O) groups is 1. The van der Waals surface area contributed by atoms with Crippen molar-refractivity contribution in [3.63, 3.8) is 0 Å². The van der Waals surface area contributed by atoms with Crippen LogP contribution >= 0.6 is 0 Å². The van der Waals surface area contributed by atoms with Crippen molar-refractivity contribution in [1.82, 2.24) is 5.32 Å². The number of nitro groups is 1. The Morgan fingerprint density at radius 3 is 2.80 bits per heavy atom. The number of hydrogen-bond acceptors (Lipinski definition) is 4. The summed E-state index contributed by atoms with van der Waals surface area (Å²) in [6.07, 6.45) is 0. The minimum atomic E-state index is -0.638. The van der Waals surface area contributed by atoms with Crippen LogP contribution in [0.15, 0.2) is 24.3 Å². The van der Waals surface area contributed by atoms with Crippen LogP contribution in [0.5, 0.6) is 0 Å². The van der Waals surface area contributed by atoms with E-state index in [4.69, 9.17) is 5.26 Å². The minimum absolute atomic E-state index is 0.0437. The van der Waals surface area contributed by atoms with Gasteiger partial charge in [-0.3, -0.25) is 14.9 Å². The number of nitriles is 1. The lowest BCUT2D eigenvalue weighted by molar-refractivity contribution is -0.385. The van der Waals surface area contributed by atoms with Crippen molar-refractivity contribution in [2.75, 3.05) is 6.54 Å². The first kappa shape index (κ1) is 10.7. The molecule has 1 amide bonds. The van der Waals surface area contributed by atoms with E-state index in [9.17, 15) is 14.9 Å². The number of nitro benzene ring substituents is 1. The smallest absolute Gasteiger partial charge is 0.282 e. The maximum Gasteiger partial charge on any atom is 0.282 e. The summed E-state index contributed by atoms with van der Waals surface area (Å²) >= 11 is 0. The monoisotopic (exact) mass is 205 g/mol. The zero-order valence-electron chi connectivity index (χ0n) is 7.64. The Balaban J connectivity index is 2.98. The van der Waals surface area contributed by atoms with Crippen LogP contribution in [0.2, 0.25) is 0 Å². The van der Waals surface area contributed by atoms with Crippen molar-refractivity contribution in [2.45, 2.75) is 0 Å². The molecule has 0 unspecified atom stereocenters. The molecule has 1 aromatic rings. The number of hydrogen-bond donors (Lipinski definition) is 1. The fraction of sp³-hybridized carbons (Fsp3) is 0.111. The molecule has 0 aliphatic heterocycles. The Hall–Kier alpha value is -2.42. The predicted octanol–water partition coefficient (Wildman–Crippen LogP) is 0.848. The standard InChI is InChI=1S/C9H7N3O3/c10-5-6-11-9(13)7-3-1-2-4-8(7)12(14)15/h1-4H,6H2,(H,11,13). The number of amides is 1. The van der Waals surface area contributed by atoms with E-state index in [1.165, 1.54) is 24.3 Å². The van der Waals surface area contributed by atoms with Gasteiger partial charge in [0.05, 0.1) is 11.0 Å². The third kappa shape index (κ3) is 2.51.